The first-order valence-electron chi connectivity index (χ1n) is 4.37. The number of nitrogen functional groups attached to an aromatic ring is 1. The Labute approximate surface area is 81.0 Å². The lowest BCUT2D eigenvalue weighted by molar-refractivity contribution is 0.569. The van der Waals surface area contributed by atoms with Crippen molar-refractivity contribution in [3.8, 4) is 0 Å². The van der Waals surface area contributed by atoms with Gasteiger partial charge in [0, 0.05) is 12.6 Å². The average Bonchev–Trinajstić information content (AvgIpc) is 2.62. The Morgan fingerprint density at radius 2 is 2.21 bits per heavy atom. The van der Waals surface area contributed by atoms with Gasteiger partial charge < -0.3 is 16.0 Å². The van der Waals surface area contributed by atoms with Crippen molar-refractivity contribution in [1.82, 2.24) is 19.5 Å². The number of nitrogens with zero attached hydrogens (tertiary/aromatic N) is 4. The molecule has 0 fully saturated rings. The molecule has 0 radical (unpaired) electrons. The van der Waals surface area contributed by atoms with E-state index in [9.17, 15) is 0 Å². The second-order valence-electron chi connectivity index (χ2n) is 3.17. The largest absolute Gasteiger partial charge is 0.382 e. The normalized spacial score (nSPS) is 13.3. The predicted octanol–water partition coefficient (Wildman–Crippen LogP) is -0.0718. The van der Waals surface area contributed by atoms with Crippen LogP contribution in [0.1, 0.15) is 13.0 Å². The number of aromatic nitrogens is 4. The van der Waals surface area contributed by atoms with E-state index in [1.807, 2.05) is 11.5 Å². The SMILES string of the molecule is C[C@@H](CN)n1cnc2c(N)ncnc21. The van der Waals surface area contributed by atoms with E-state index in [0.29, 0.717) is 17.9 Å². The minimum Gasteiger partial charge on any atom is -0.382 e. The second-order valence-corrected chi connectivity index (χ2v) is 3.17. The molecule has 0 saturated heterocycles. The number of fused-ring (bicyclic) bond motifs is 1. The fourth-order valence-electron chi connectivity index (χ4n) is 1.31. The molecule has 0 unspecified atom stereocenters. The summed E-state index contributed by atoms with van der Waals surface area (Å²) in [5, 5.41) is 0. The summed E-state index contributed by atoms with van der Waals surface area (Å²) in [6.07, 6.45) is 3.12. The molecule has 0 aliphatic carbocycles. The van der Waals surface area contributed by atoms with E-state index in [1.165, 1.54) is 6.33 Å². The third-order valence-electron chi connectivity index (χ3n) is 2.20. The molecular formula is C8H12N6. The summed E-state index contributed by atoms with van der Waals surface area (Å²) in [5.41, 5.74) is 12.6. The van der Waals surface area contributed by atoms with Gasteiger partial charge in [0.25, 0.3) is 0 Å². The van der Waals surface area contributed by atoms with Gasteiger partial charge in [0.15, 0.2) is 11.5 Å². The number of imidazole rings is 1. The molecule has 0 aliphatic rings. The highest BCUT2D eigenvalue weighted by Gasteiger charge is 2.10. The van der Waals surface area contributed by atoms with E-state index in [0.717, 1.165) is 5.65 Å². The Bertz CT molecular complexity index is 448. The summed E-state index contributed by atoms with van der Waals surface area (Å²) in [6.45, 7) is 2.54. The molecule has 2 aromatic heterocycles. The molecule has 0 spiro atoms. The first-order chi connectivity index (χ1) is 6.74. The molecule has 0 amide bonds. The van der Waals surface area contributed by atoms with Gasteiger partial charge in [0.05, 0.1) is 6.33 Å². The van der Waals surface area contributed by atoms with Gasteiger partial charge >= 0.3 is 0 Å². The summed E-state index contributed by atoms with van der Waals surface area (Å²) in [6, 6.07) is 0.161. The Hall–Kier alpha value is -1.69. The first kappa shape index (κ1) is 8.89. The number of anilines is 1. The number of hydrogen-bond acceptors (Lipinski definition) is 5. The van der Waals surface area contributed by atoms with E-state index in [4.69, 9.17) is 11.5 Å². The maximum absolute atomic E-state index is 5.65. The zero-order valence-corrected chi connectivity index (χ0v) is 7.88. The van der Waals surface area contributed by atoms with Crippen molar-refractivity contribution in [2.75, 3.05) is 12.3 Å². The summed E-state index contributed by atoms with van der Waals surface area (Å²) in [5.74, 6) is 0.401. The molecule has 2 heterocycles. The van der Waals surface area contributed by atoms with Gasteiger partial charge in [-0.1, -0.05) is 0 Å². The van der Waals surface area contributed by atoms with Crippen molar-refractivity contribution in [3.63, 3.8) is 0 Å². The standard InChI is InChI=1S/C8H12N6/c1-5(2-9)14-4-13-6-7(10)11-3-12-8(6)14/h3-5H,2,9H2,1H3,(H2,10,11,12)/t5-/m0/s1. The van der Waals surface area contributed by atoms with Gasteiger partial charge in [-0.25, -0.2) is 15.0 Å². The van der Waals surface area contributed by atoms with E-state index in [-0.39, 0.29) is 6.04 Å². The van der Waals surface area contributed by atoms with Gasteiger partial charge in [0.1, 0.15) is 11.8 Å². The first-order valence-corrected chi connectivity index (χ1v) is 4.37. The van der Waals surface area contributed by atoms with Crippen molar-refractivity contribution >= 4 is 17.0 Å². The molecule has 6 nitrogen and oxygen atoms in total. The lowest BCUT2D eigenvalue weighted by atomic mass is 10.3. The zero-order valence-electron chi connectivity index (χ0n) is 7.88. The van der Waals surface area contributed by atoms with Crippen LogP contribution in [0.15, 0.2) is 12.7 Å². The van der Waals surface area contributed by atoms with E-state index in [1.54, 1.807) is 6.33 Å². The number of nitrogens with two attached hydrogens (primary N) is 2. The van der Waals surface area contributed by atoms with Crippen LogP contribution in [0.3, 0.4) is 0 Å². The Morgan fingerprint density at radius 3 is 2.93 bits per heavy atom. The van der Waals surface area contributed by atoms with Crippen molar-refractivity contribution in [1.29, 1.82) is 0 Å². The molecule has 4 N–H and O–H groups in total. The zero-order chi connectivity index (χ0) is 10.1. The molecule has 0 saturated carbocycles. The predicted molar refractivity (Wildman–Crippen MR) is 53.5 cm³/mol. The molecule has 2 rings (SSSR count). The van der Waals surface area contributed by atoms with Crippen LogP contribution in [-0.2, 0) is 0 Å². The molecule has 6 heteroatoms. The lowest BCUT2D eigenvalue weighted by Gasteiger charge is -2.10. The molecule has 14 heavy (non-hydrogen) atoms. The van der Waals surface area contributed by atoms with E-state index >= 15 is 0 Å². The lowest BCUT2D eigenvalue weighted by Crippen LogP contribution is -2.15. The van der Waals surface area contributed by atoms with Crippen molar-refractivity contribution in [2.24, 2.45) is 5.73 Å². The van der Waals surface area contributed by atoms with Gasteiger partial charge in [-0.15, -0.1) is 0 Å². The smallest absolute Gasteiger partial charge is 0.165 e. The minimum absolute atomic E-state index is 0.161. The highest BCUT2D eigenvalue weighted by Crippen LogP contribution is 2.17. The molecular weight excluding hydrogens is 180 g/mol. The minimum atomic E-state index is 0.161. The second kappa shape index (κ2) is 3.22. The third kappa shape index (κ3) is 1.20. The molecule has 0 aromatic carbocycles. The van der Waals surface area contributed by atoms with E-state index in [2.05, 4.69) is 15.0 Å². The number of hydrogen-bond donors (Lipinski definition) is 2. The third-order valence-corrected chi connectivity index (χ3v) is 2.20. The fraction of sp³-hybridized carbons (Fsp3) is 0.375. The van der Waals surface area contributed by atoms with Crippen molar-refractivity contribution < 1.29 is 0 Å². The summed E-state index contributed by atoms with van der Waals surface area (Å²) >= 11 is 0. The van der Waals surface area contributed by atoms with Gasteiger partial charge in [0.2, 0.25) is 0 Å². The highest BCUT2D eigenvalue weighted by molar-refractivity contribution is 5.81. The Kier molecular flexibility index (Phi) is 2.05. The van der Waals surface area contributed by atoms with Gasteiger partial charge in [-0.2, -0.15) is 0 Å². The highest BCUT2D eigenvalue weighted by atomic mass is 15.1. The topological polar surface area (TPSA) is 95.6 Å². The molecule has 74 valence electrons. The van der Waals surface area contributed by atoms with Crippen LogP contribution in [0, 0.1) is 0 Å². The molecule has 1 atom stereocenters. The molecule has 0 bridgehead atoms. The summed E-state index contributed by atoms with van der Waals surface area (Å²) < 4.78 is 1.90. The number of rotatable bonds is 2. The fourth-order valence-corrected chi connectivity index (χ4v) is 1.31. The summed E-state index contributed by atoms with van der Waals surface area (Å²) in [7, 11) is 0. The quantitative estimate of drug-likeness (QED) is 0.694. The van der Waals surface area contributed by atoms with Crippen molar-refractivity contribution in [2.45, 2.75) is 13.0 Å². The molecule has 0 aliphatic heterocycles. The van der Waals surface area contributed by atoms with E-state index < -0.39 is 0 Å². The monoisotopic (exact) mass is 192 g/mol. The maximum Gasteiger partial charge on any atom is 0.165 e. The van der Waals surface area contributed by atoms with Crippen LogP contribution >= 0.6 is 0 Å². The van der Waals surface area contributed by atoms with Gasteiger partial charge in [-0.05, 0) is 6.92 Å². The van der Waals surface area contributed by atoms with Crippen LogP contribution in [0.2, 0.25) is 0 Å². The maximum atomic E-state index is 5.65. The average molecular weight is 192 g/mol. The summed E-state index contributed by atoms with van der Waals surface area (Å²) in [4.78, 5) is 12.1. The Morgan fingerprint density at radius 1 is 1.43 bits per heavy atom. The van der Waals surface area contributed by atoms with Crippen LogP contribution in [0.5, 0.6) is 0 Å². The van der Waals surface area contributed by atoms with Crippen LogP contribution in [0.4, 0.5) is 5.82 Å². The van der Waals surface area contributed by atoms with Crippen LogP contribution in [0.25, 0.3) is 11.2 Å². The van der Waals surface area contributed by atoms with Crippen LogP contribution in [-0.4, -0.2) is 26.1 Å². The van der Waals surface area contributed by atoms with Crippen molar-refractivity contribution in [3.05, 3.63) is 12.7 Å². The Balaban J connectivity index is 2.63. The molecule has 2 aromatic rings. The van der Waals surface area contributed by atoms with Gasteiger partial charge in [-0.3, -0.25) is 0 Å². The van der Waals surface area contributed by atoms with Crippen LogP contribution < -0.4 is 11.5 Å².